The van der Waals surface area contributed by atoms with E-state index in [-0.39, 0.29) is 16.7 Å². The van der Waals surface area contributed by atoms with Gasteiger partial charge in [-0.2, -0.15) is 0 Å². The molecule has 0 aromatic heterocycles. The maximum Gasteiger partial charge on any atom is 0.244 e. The van der Waals surface area contributed by atoms with Gasteiger partial charge in [0.25, 0.3) is 0 Å². The average molecular weight is 272 g/mol. The first kappa shape index (κ1) is 13.1. The third kappa shape index (κ3) is 2.74. The standard InChI is InChI=1S/C11H16N2O4S/c1-16-10-3-2-8(12)6-11(10)18(14,15)13-9-4-5-17-7-9/h2-3,6,9,13H,4-5,7,12H2,1H3. The van der Waals surface area contributed by atoms with E-state index in [1.807, 2.05) is 0 Å². The van der Waals surface area contributed by atoms with Crippen molar-refractivity contribution in [3.63, 3.8) is 0 Å². The highest BCUT2D eigenvalue weighted by Gasteiger charge is 2.26. The van der Waals surface area contributed by atoms with Crippen molar-refractivity contribution in [2.45, 2.75) is 17.4 Å². The van der Waals surface area contributed by atoms with E-state index in [9.17, 15) is 8.42 Å². The second kappa shape index (κ2) is 5.13. The Morgan fingerprint density at radius 2 is 2.28 bits per heavy atom. The fraction of sp³-hybridized carbons (Fsp3) is 0.455. The summed E-state index contributed by atoms with van der Waals surface area (Å²) in [6.45, 7) is 0.963. The minimum absolute atomic E-state index is 0.0527. The van der Waals surface area contributed by atoms with Crippen molar-refractivity contribution in [3.05, 3.63) is 18.2 Å². The SMILES string of the molecule is COc1ccc(N)cc1S(=O)(=O)NC1CCOC1. The fourth-order valence-electron chi connectivity index (χ4n) is 1.81. The molecule has 1 aromatic carbocycles. The van der Waals surface area contributed by atoms with Crippen molar-refractivity contribution in [2.75, 3.05) is 26.1 Å². The van der Waals surface area contributed by atoms with E-state index in [1.54, 1.807) is 6.07 Å². The van der Waals surface area contributed by atoms with Gasteiger partial charge in [-0.05, 0) is 24.6 Å². The van der Waals surface area contributed by atoms with E-state index in [2.05, 4.69) is 4.72 Å². The number of nitrogens with one attached hydrogen (secondary N) is 1. The third-order valence-electron chi connectivity index (χ3n) is 2.73. The Balaban J connectivity index is 2.30. The summed E-state index contributed by atoms with van der Waals surface area (Å²) >= 11 is 0. The number of sulfonamides is 1. The minimum atomic E-state index is -3.64. The average Bonchev–Trinajstić information content (AvgIpc) is 2.81. The Hall–Kier alpha value is -1.31. The van der Waals surface area contributed by atoms with Gasteiger partial charge in [-0.1, -0.05) is 0 Å². The summed E-state index contributed by atoms with van der Waals surface area (Å²) in [6, 6.07) is 4.32. The van der Waals surface area contributed by atoms with E-state index in [0.29, 0.717) is 25.3 Å². The summed E-state index contributed by atoms with van der Waals surface area (Å²) in [5.41, 5.74) is 5.99. The van der Waals surface area contributed by atoms with E-state index in [4.69, 9.17) is 15.2 Å². The van der Waals surface area contributed by atoms with Crippen LogP contribution >= 0.6 is 0 Å². The zero-order valence-corrected chi connectivity index (χ0v) is 10.9. The zero-order chi connectivity index (χ0) is 13.2. The van der Waals surface area contributed by atoms with Gasteiger partial charge in [0, 0.05) is 18.3 Å². The molecule has 1 atom stereocenters. The number of benzene rings is 1. The van der Waals surface area contributed by atoms with Gasteiger partial charge in [0.2, 0.25) is 10.0 Å². The number of methoxy groups -OCH3 is 1. The van der Waals surface area contributed by atoms with Crippen LogP contribution in [0.15, 0.2) is 23.1 Å². The summed E-state index contributed by atoms with van der Waals surface area (Å²) in [5.74, 6) is 0.274. The van der Waals surface area contributed by atoms with Crippen molar-refractivity contribution in [1.82, 2.24) is 4.72 Å². The Labute approximate surface area is 106 Å². The zero-order valence-electron chi connectivity index (χ0n) is 10.0. The van der Waals surface area contributed by atoms with Crippen LogP contribution in [0, 0.1) is 0 Å². The number of nitrogens with two attached hydrogens (primary N) is 1. The molecule has 1 fully saturated rings. The first-order valence-electron chi connectivity index (χ1n) is 5.56. The van der Waals surface area contributed by atoms with E-state index >= 15 is 0 Å². The van der Waals surface area contributed by atoms with Crippen LogP contribution in [0.1, 0.15) is 6.42 Å². The monoisotopic (exact) mass is 272 g/mol. The number of ether oxygens (including phenoxy) is 2. The van der Waals surface area contributed by atoms with E-state index < -0.39 is 10.0 Å². The lowest BCUT2D eigenvalue weighted by atomic mass is 10.3. The maximum atomic E-state index is 12.2. The molecule has 1 saturated heterocycles. The Morgan fingerprint density at radius 3 is 2.89 bits per heavy atom. The van der Waals surface area contributed by atoms with Gasteiger partial charge in [-0.15, -0.1) is 0 Å². The lowest BCUT2D eigenvalue weighted by molar-refractivity contribution is 0.192. The minimum Gasteiger partial charge on any atom is -0.495 e. The van der Waals surface area contributed by atoms with E-state index in [0.717, 1.165) is 0 Å². The molecule has 1 aliphatic heterocycles. The highest BCUT2D eigenvalue weighted by molar-refractivity contribution is 7.89. The first-order chi connectivity index (χ1) is 8.53. The predicted molar refractivity (Wildman–Crippen MR) is 67.0 cm³/mol. The molecule has 6 nitrogen and oxygen atoms in total. The molecule has 7 heteroatoms. The van der Waals surface area contributed by atoms with Crippen LogP contribution in [0.5, 0.6) is 5.75 Å². The van der Waals surface area contributed by atoms with Crippen LogP contribution in [-0.2, 0) is 14.8 Å². The molecule has 1 aliphatic rings. The van der Waals surface area contributed by atoms with Crippen LogP contribution < -0.4 is 15.2 Å². The number of anilines is 1. The van der Waals surface area contributed by atoms with Crippen LogP contribution in [0.4, 0.5) is 5.69 Å². The quantitative estimate of drug-likeness (QED) is 0.772. The molecule has 0 radical (unpaired) electrons. The van der Waals surface area contributed by atoms with E-state index in [1.165, 1.54) is 19.2 Å². The van der Waals surface area contributed by atoms with Crippen LogP contribution in [-0.4, -0.2) is 34.8 Å². The highest BCUT2D eigenvalue weighted by Crippen LogP contribution is 2.26. The summed E-state index contributed by atoms with van der Waals surface area (Å²) in [6.07, 6.45) is 0.670. The van der Waals surface area contributed by atoms with Crippen molar-refractivity contribution in [1.29, 1.82) is 0 Å². The van der Waals surface area contributed by atoms with Crippen molar-refractivity contribution < 1.29 is 17.9 Å². The fourth-order valence-corrected chi connectivity index (χ4v) is 3.27. The second-order valence-corrected chi connectivity index (χ2v) is 5.77. The summed E-state index contributed by atoms with van der Waals surface area (Å²) in [5, 5.41) is 0. The molecule has 0 amide bonds. The summed E-state index contributed by atoms with van der Waals surface area (Å²) in [4.78, 5) is 0.0527. The normalized spacial score (nSPS) is 19.9. The molecule has 0 aliphatic carbocycles. The molecule has 0 spiro atoms. The smallest absolute Gasteiger partial charge is 0.244 e. The number of rotatable bonds is 4. The Kier molecular flexibility index (Phi) is 3.74. The topological polar surface area (TPSA) is 90.7 Å². The molecule has 3 N–H and O–H groups in total. The lowest BCUT2D eigenvalue weighted by Crippen LogP contribution is -2.35. The van der Waals surface area contributed by atoms with Gasteiger partial charge in [0.15, 0.2) is 0 Å². The Morgan fingerprint density at radius 1 is 1.50 bits per heavy atom. The number of nitrogen functional groups attached to an aromatic ring is 1. The molecule has 1 aromatic rings. The molecule has 18 heavy (non-hydrogen) atoms. The molecule has 0 bridgehead atoms. The Bertz CT molecular complexity index is 524. The number of hydrogen-bond acceptors (Lipinski definition) is 5. The van der Waals surface area contributed by atoms with Gasteiger partial charge in [0.1, 0.15) is 10.6 Å². The van der Waals surface area contributed by atoms with Crippen molar-refractivity contribution in [2.24, 2.45) is 0 Å². The van der Waals surface area contributed by atoms with Crippen LogP contribution in [0.3, 0.4) is 0 Å². The van der Waals surface area contributed by atoms with Crippen molar-refractivity contribution in [3.8, 4) is 5.75 Å². The second-order valence-electron chi connectivity index (χ2n) is 4.09. The molecule has 1 heterocycles. The third-order valence-corrected chi connectivity index (χ3v) is 4.27. The number of hydrogen-bond donors (Lipinski definition) is 2. The summed E-state index contributed by atoms with van der Waals surface area (Å²) in [7, 11) is -2.22. The van der Waals surface area contributed by atoms with Gasteiger partial charge in [-0.25, -0.2) is 13.1 Å². The molecular formula is C11H16N2O4S. The van der Waals surface area contributed by atoms with Crippen LogP contribution in [0.2, 0.25) is 0 Å². The maximum absolute atomic E-state index is 12.2. The molecule has 100 valence electrons. The molecule has 1 unspecified atom stereocenters. The van der Waals surface area contributed by atoms with Gasteiger partial charge in [0.05, 0.1) is 13.7 Å². The van der Waals surface area contributed by atoms with Crippen molar-refractivity contribution >= 4 is 15.7 Å². The molecule has 2 rings (SSSR count). The largest absolute Gasteiger partial charge is 0.495 e. The molecule has 0 saturated carbocycles. The molecular weight excluding hydrogens is 256 g/mol. The van der Waals surface area contributed by atoms with Crippen LogP contribution in [0.25, 0.3) is 0 Å². The summed E-state index contributed by atoms with van der Waals surface area (Å²) < 4.78 is 37.2. The van der Waals surface area contributed by atoms with Gasteiger partial charge < -0.3 is 15.2 Å². The predicted octanol–water partition coefficient (Wildman–Crippen LogP) is 0.345. The van der Waals surface area contributed by atoms with Gasteiger partial charge in [-0.3, -0.25) is 0 Å². The van der Waals surface area contributed by atoms with Gasteiger partial charge >= 0.3 is 0 Å². The lowest BCUT2D eigenvalue weighted by Gasteiger charge is -2.14. The highest BCUT2D eigenvalue weighted by atomic mass is 32.2. The first-order valence-corrected chi connectivity index (χ1v) is 7.05.